The average Bonchev–Trinajstić information content (AvgIpc) is 2.50. The number of hydrogen-bond donors (Lipinski definition) is 3. The van der Waals surface area contributed by atoms with Gasteiger partial charge in [-0.05, 0) is 27.2 Å². The summed E-state index contributed by atoms with van der Waals surface area (Å²) in [5.41, 5.74) is -2.24. The monoisotopic (exact) mass is 350 g/mol. The van der Waals surface area contributed by atoms with Crippen LogP contribution in [-0.4, -0.2) is 70.2 Å². The summed E-state index contributed by atoms with van der Waals surface area (Å²) < 4.78 is 13.8. The van der Waals surface area contributed by atoms with Crippen molar-refractivity contribution in [1.82, 2.24) is 0 Å². The molecule has 0 amide bonds. The number of carboxylic acids is 1. The summed E-state index contributed by atoms with van der Waals surface area (Å²) in [5, 5.41) is 28.3. The number of carboxylic acid groups (broad SMARTS) is 1. The predicted molar refractivity (Wildman–Crippen MR) is 76.6 cm³/mol. The lowest BCUT2D eigenvalue weighted by Crippen LogP contribution is -2.48. The summed E-state index contributed by atoms with van der Waals surface area (Å²) >= 11 is 0. The van der Waals surface area contributed by atoms with E-state index in [0.717, 1.165) is 6.92 Å². The Bertz CT molecular complexity index is 470. The largest absolute Gasteiger partial charge is 0.481 e. The maximum atomic E-state index is 11.9. The first kappa shape index (κ1) is 21.8. The van der Waals surface area contributed by atoms with Crippen molar-refractivity contribution in [3.8, 4) is 0 Å². The summed E-state index contributed by atoms with van der Waals surface area (Å²) in [4.78, 5) is 45.8. The van der Waals surface area contributed by atoms with Gasteiger partial charge in [0.25, 0.3) is 0 Å². The number of aliphatic hydroxyl groups excluding tert-OH is 1. The smallest absolute Gasteiger partial charge is 0.350 e. The molecule has 3 N–H and O–H groups in total. The Morgan fingerprint density at radius 1 is 1.04 bits per heavy atom. The van der Waals surface area contributed by atoms with Gasteiger partial charge in [-0.3, -0.25) is 4.79 Å². The first-order valence-electron chi connectivity index (χ1n) is 7.23. The number of carbonyl (C=O) groups excluding carboxylic acids is 3. The van der Waals surface area contributed by atoms with E-state index in [1.54, 1.807) is 0 Å². The van der Waals surface area contributed by atoms with Gasteiger partial charge in [0.2, 0.25) is 6.10 Å². The van der Waals surface area contributed by atoms with E-state index in [1.807, 2.05) is 0 Å². The number of esters is 3. The molecule has 138 valence electrons. The van der Waals surface area contributed by atoms with Gasteiger partial charge in [0, 0.05) is 6.42 Å². The van der Waals surface area contributed by atoms with Gasteiger partial charge in [-0.25, -0.2) is 14.4 Å². The van der Waals surface area contributed by atoms with E-state index in [1.165, 1.54) is 13.8 Å². The SMILES string of the molecule is CCOC(=O)[C@H](O)[C@@H](OC(=O)[C@@](C)(O)CCC(=O)O)C(=O)OCC. The number of aliphatic carboxylic acids is 1. The average molecular weight is 350 g/mol. The molecule has 0 aliphatic heterocycles. The number of aliphatic hydroxyl groups is 2. The first-order valence-corrected chi connectivity index (χ1v) is 7.23. The van der Waals surface area contributed by atoms with Crippen molar-refractivity contribution in [3.63, 3.8) is 0 Å². The van der Waals surface area contributed by atoms with Gasteiger partial charge in [0.05, 0.1) is 13.2 Å². The van der Waals surface area contributed by atoms with Crippen LogP contribution in [0.2, 0.25) is 0 Å². The molecule has 0 saturated heterocycles. The first-order chi connectivity index (χ1) is 11.1. The van der Waals surface area contributed by atoms with E-state index >= 15 is 0 Å². The number of hydrogen-bond acceptors (Lipinski definition) is 9. The minimum Gasteiger partial charge on any atom is -0.481 e. The minimum absolute atomic E-state index is 0.0876. The molecule has 0 unspecified atom stereocenters. The molecule has 0 rings (SSSR count). The predicted octanol–water partition coefficient (Wildman–Crippen LogP) is -0.999. The van der Waals surface area contributed by atoms with Crippen LogP contribution in [0, 0.1) is 0 Å². The fraction of sp³-hybridized carbons (Fsp3) is 0.714. The third-order valence-electron chi connectivity index (χ3n) is 2.83. The Labute approximate surface area is 138 Å². The van der Waals surface area contributed by atoms with Crippen molar-refractivity contribution in [2.24, 2.45) is 0 Å². The van der Waals surface area contributed by atoms with Crippen LogP contribution < -0.4 is 0 Å². The maximum absolute atomic E-state index is 11.9. The molecular formula is C14H22O10. The maximum Gasteiger partial charge on any atom is 0.350 e. The Kier molecular flexibility index (Phi) is 8.93. The van der Waals surface area contributed by atoms with Gasteiger partial charge in [-0.2, -0.15) is 0 Å². The van der Waals surface area contributed by atoms with Crippen molar-refractivity contribution in [1.29, 1.82) is 0 Å². The van der Waals surface area contributed by atoms with Gasteiger partial charge in [0.15, 0.2) is 11.7 Å². The molecule has 0 aromatic rings. The molecule has 24 heavy (non-hydrogen) atoms. The Balaban J connectivity index is 5.16. The molecule has 0 aromatic carbocycles. The zero-order chi connectivity index (χ0) is 18.9. The summed E-state index contributed by atoms with van der Waals surface area (Å²) in [5.74, 6) is -5.06. The van der Waals surface area contributed by atoms with E-state index in [4.69, 9.17) is 5.11 Å². The van der Waals surface area contributed by atoms with Gasteiger partial charge >= 0.3 is 23.9 Å². The summed E-state index contributed by atoms with van der Waals surface area (Å²) in [6, 6.07) is 0. The van der Waals surface area contributed by atoms with Gasteiger partial charge < -0.3 is 29.5 Å². The van der Waals surface area contributed by atoms with Gasteiger partial charge in [-0.15, -0.1) is 0 Å². The second-order valence-corrected chi connectivity index (χ2v) is 4.94. The lowest BCUT2D eigenvalue weighted by Gasteiger charge is -2.25. The van der Waals surface area contributed by atoms with Gasteiger partial charge in [0.1, 0.15) is 0 Å². The molecule has 0 aromatic heterocycles. The highest BCUT2D eigenvalue weighted by molar-refractivity contribution is 5.89. The fourth-order valence-corrected chi connectivity index (χ4v) is 1.51. The summed E-state index contributed by atoms with van der Waals surface area (Å²) in [6.45, 7) is 3.70. The highest BCUT2D eigenvalue weighted by Crippen LogP contribution is 2.17. The zero-order valence-corrected chi connectivity index (χ0v) is 13.7. The fourth-order valence-electron chi connectivity index (χ4n) is 1.51. The van der Waals surface area contributed by atoms with Crippen LogP contribution in [-0.2, 0) is 33.4 Å². The molecule has 0 heterocycles. The van der Waals surface area contributed by atoms with Crippen LogP contribution in [0.3, 0.4) is 0 Å². The summed E-state index contributed by atoms with van der Waals surface area (Å²) in [6.07, 6.45) is -5.23. The van der Waals surface area contributed by atoms with Crippen LogP contribution in [0.15, 0.2) is 0 Å². The molecule has 0 aliphatic rings. The van der Waals surface area contributed by atoms with E-state index < -0.39 is 54.5 Å². The quantitative estimate of drug-likeness (QED) is 0.330. The topological polar surface area (TPSA) is 157 Å². The molecule has 0 fully saturated rings. The molecule has 0 radical (unpaired) electrons. The van der Waals surface area contributed by atoms with E-state index in [-0.39, 0.29) is 13.2 Å². The van der Waals surface area contributed by atoms with Crippen LogP contribution in [0.25, 0.3) is 0 Å². The number of ether oxygens (including phenoxy) is 3. The second kappa shape index (κ2) is 9.83. The number of carbonyl (C=O) groups is 4. The molecule has 0 saturated carbocycles. The van der Waals surface area contributed by atoms with Gasteiger partial charge in [-0.1, -0.05) is 0 Å². The molecule has 0 spiro atoms. The zero-order valence-electron chi connectivity index (χ0n) is 13.7. The van der Waals surface area contributed by atoms with Crippen molar-refractivity contribution >= 4 is 23.9 Å². The third kappa shape index (κ3) is 6.92. The van der Waals surface area contributed by atoms with Crippen molar-refractivity contribution in [2.75, 3.05) is 13.2 Å². The molecule has 3 atom stereocenters. The molecule has 10 nitrogen and oxygen atoms in total. The molecule has 10 heteroatoms. The lowest BCUT2D eigenvalue weighted by atomic mass is 10.0. The lowest BCUT2D eigenvalue weighted by molar-refractivity contribution is -0.192. The molecular weight excluding hydrogens is 328 g/mol. The van der Waals surface area contributed by atoms with Crippen LogP contribution >= 0.6 is 0 Å². The Morgan fingerprint density at radius 3 is 2.00 bits per heavy atom. The van der Waals surface area contributed by atoms with Crippen molar-refractivity contribution in [2.45, 2.75) is 51.4 Å². The second-order valence-electron chi connectivity index (χ2n) is 4.94. The van der Waals surface area contributed by atoms with E-state index in [0.29, 0.717) is 0 Å². The Hall–Kier alpha value is -2.20. The van der Waals surface area contributed by atoms with Crippen LogP contribution in [0.5, 0.6) is 0 Å². The minimum atomic E-state index is -2.24. The number of rotatable bonds is 10. The van der Waals surface area contributed by atoms with E-state index in [9.17, 15) is 29.4 Å². The highest BCUT2D eigenvalue weighted by Gasteiger charge is 2.42. The van der Waals surface area contributed by atoms with Crippen LogP contribution in [0.1, 0.15) is 33.6 Å². The van der Waals surface area contributed by atoms with Crippen molar-refractivity contribution < 1.29 is 48.7 Å². The Morgan fingerprint density at radius 2 is 1.54 bits per heavy atom. The van der Waals surface area contributed by atoms with Crippen LogP contribution in [0.4, 0.5) is 0 Å². The van der Waals surface area contributed by atoms with E-state index in [2.05, 4.69) is 14.2 Å². The molecule has 0 aliphatic carbocycles. The highest BCUT2D eigenvalue weighted by atomic mass is 16.6. The third-order valence-corrected chi connectivity index (χ3v) is 2.83. The molecule has 0 bridgehead atoms. The standard InChI is InChI=1S/C14H22O10/c1-4-22-11(18)9(17)10(12(19)23-5-2)24-13(20)14(3,21)7-6-8(15)16/h9-10,17,21H,4-7H2,1-3H3,(H,15,16)/t9-,10-,14+/m1/s1. The summed E-state index contributed by atoms with van der Waals surface area (Å²) in [7, 11) is 0. The normalized spacial score (nSPS) is 15.5. The van der Waals surface area contributed by atoms with Crippen molar-refractivity contribution in [3.05, 3.63) is 0 Å².